The number of hydrogen-bond donors (Lipinski definition) is 2. The van der Waals surface area contributed by atoms with E-state index in [0.29, 0.717) is 24.5 Å². The van der Waals surface area contributed by atoms with E-state index < -0.39 is 12.1 Å². The molecule has 20 heavy (non-hydrogen) atoms. The molecule has 2 N–H and O–H groups in total. The summed E-state index contributed by atoms with van der Waals surface area (Å²) in [5.41, 5.74) is 0.581. The fourth-order valence-electron chi connectivity index (χ4n) is 1.34. The molecule has 0 fully saturated rings. The van der Waals surface area contributed by atoms with Crippen molar-refractivity contribution in [2.45, 2.75) is 12.8 Å². The Balaban J connectivity index is 2.34. The number of carboxylic acids is 1. The van der Waals surface area contributed by atoms with Crippen molar-refractivity contribution in [3.05, 3.63) is 36.9 Å². The van der Waals surface area contributed by atoms with E-state index in [0.717, 1.165) is 0 Å². The van der Waals surface area contributed by atoms with Gasteiger partial charge in [0.1, 0.15) is 12.4 Å². The number of rotatable bonds is 8. The number of hydrogen-bond acceptors (Lipinski definition) is 4. The molecule has 0 heterocycles. The number of carbonyl (C=O) groups excluding carboxylic acids is 1. The Labute approximate surface area is 117 Å². The first kappa shape index (κ1) is 15.6. The van der Waals surface area contributed by atoms with Gasteiger partial charge < -0.3 is 14.6 Å². The predicted octanol–water partition coefficient (Wildman–Crippen LogP) is 2.66. The van der Waals surface area contributed by atoms with Gasteiger partial charge in [-0.05, 0) is 30.7 Å². The molecule has 6 heteroatoms. The Hall–Kier alpha value is -2.50. The van der Waals surface area contributed by atoms with Crippen molar-refractivity contribution in [2.75, 3.05) is 18.5 Å². The summed E-state index contributed by atoms with van der Waals surface area (Å²) in [6, 6.07) is 6.71. The van der Waals surface area contributed by atoms with Crippen LogP contribution < -0.4 is 10.1 Å². The van der Waals surface area contributed by atoms with E-state index in [-0.39, 0.29) is 13.0 Å². The van der Waals surface area contributed by atoms with Crippen LogP contribution in [0.2, 0.25) is 0 Å². The number of nitrogens with one attached hydrogen (secondary N) is 1. The maximum atomic E-state index is 11.3. The zero-order chi connectivity index (χ0) is 14.8. The monoisotopic (exact) mass is 279 g/mol. The van der Waals surface area contributed by atoms with Crippen molar-refractivity contribution < 1.29 is 24.2 Å². The van der Waals surface area contributed by atoms with Gasteiger partial charge in [-0.15, -0.1) is 0 Å². The second-order valence-corrected chi connectivity index (χ2v) is 3.88. The normalized spacial score (nSPS) is 9.60. The van der Waals surface area contributed by atoms with Crippen molar-refractivity contribution in [2.24, 2.45) is 0 Å². The van der Waals surface area contributed by atoms with E-state index in [4.69, 9.17) is 14.6 Å². The third-order valence-corrected chi connectivity index (χ3v) is 2.24. The summed E-state index contributed by atoms with van der Waals surface area (Å²) in [6.45, 7) is 3.92. The van der Waals surface area contributed by atoms with E-state index in [1.165, 1.54) is 6.08 Å². The van der Waals surface area contributed by atoms with Crippen LogP contribution in [-0.2, 0) is 9.53 Å². The van der Waals surface area contributed by atoms with Crippen LogP contribution in [0.1, 0.15) is 12.8 Å². The van der Waals surface area contributed by atoms with Gasteiger partial charge in [-0.1, -0.05) is 12.7 Å². The highest BCUT2D eigenvalue weighted by molar-refractivity contribution is 5.84. The lowest BCUT2D eigenvalue weighted by Gasteiger charge is -2.08. The van der Waals surface area contributed by atoms with Gasteiger partial charge in [-0.2, -0.15) is 0 Å². The lowest BCUT2D eigenvalue weighted by atomic mass is 10.3. The first-order chi connectivity index (χ1) is 9.61. The summed E-state index contributed by atoms with van der Waals surface area (Å²) >= 11 is 0. The average Bonchev–Trinajstić information content (AvgIpc) is 2.43. The Morgan fingerprint density at radius 2 is 2.00 bits per heavy atom. The van der Waals surface area contributed by atoms with E-state index in [9.17, 15) is 9.59 Å². The van der Waals surface area contributed by atoms with Crippen LogP contribution in [0, 0.1) is 0 Å². The van der Waals surface area contributed by atoms with Crippen molar-refractivity contribution in [3.63, 3.8) is 0 Å². The van der Waals surface area contributed by atoms with Gasteiger partial charge in [-0.25, -0.2) is 4.79 Å². The molecule has 0 atom stereocenters. The van der Waals surface area contributed by atoms with Gasteiger partial charge in [0, 0.05) is 12.1 Å². The maximum Gasteiger partial charge on any atom is 0.411 e. The molecule has 0 aliphatic heterocycles. The number of benzene rings is 1. The minimum atomic E-state index is -0.841. The van der Waals surface area contributed by atoms with Crippen molar-refractivity contribution in [1.29, 1.82) is 0 Å². The molecular formula is C14H17NO5. The minimum absolute atomic E-state index is 0.0782. The topological polar surface area (TPSA) is 84.9 Å². The Morgan fingerprint density at radius 1 is 1.30 bits per heavy atom. The third-order valence-electron chi connectivity index (χ3n) is 2.24. The first-order valence-electron chi connectivity index (χ1n) is 6.11. The fraction of sp³-hybridized carbons (Fsp3) is 0.286. The van der Waals surface area contributed by atoms with Crippen LogP contribution >= 0.6 is 0 Å². The molecule has 1 aromatic rings. The van der Waals surface area contributed by atoms with Crippen LogP contribution in [-0.4, -0.2) is 30.4 Å². The molecule has 1 rings (SSSR count). The number of amides is 1. The lowest BCUT2D eigenvalue weighted by Crippen LogP contribution is -2.13. The second-order valence-electron chi connectivity index (χ2n) is 3.88. The van der Waals surface area contributed by atoms with Crippen LogP contribution in [0.25, 0.3) is 0 Å². The van der Waals surface area contributed by atoms with E-state index in [1.807, 2.05) is 0 Å². The molecule has 0 bridgehead atoms. The van der Waals surface area contributed by atoms with Crippen LogP contribution in [0.4, 0.5) is 10.5 Å². The van der Waals surface area contributed by atoms with Gasteiger partial charge >= 0.3 is 12.1 Å². The van der Waals surface area contributed by atoms with Crippen molar-refractivity contribution >= 4 is 17.7 Å². The molecule has 0 spiro atoms. The second kappa shape index (κ2) is 8.58. The highest BCUT2D eigenvalue weighted by Crippen LogP contribution is 2.16. The number of carboxylic acid groups (broad SMARTS) is 1. The standard InChI is InChI=1S/C14H17NO5/c1-2-9-20-14(18)15-11-5-7-12(8-6-11)19-10-3-4-13(16)17/h2,5-8H,1,3-4,9-10H2,(H,15,18)(H,16,17). The van der Waals surface area contributed by atoms with Crippen molar-refractivity contribution in [3.8, 4) is 5.75 Å². The summed E-state index contributed by atoms with van der Waals surface area (Å²) < 4.78 is 10.1. The zero-order valence-corrected chi connectivity index (χ0v) is 11.0. The highest BCUT2D eigenvalue weighted by atomic mass is 16.5. The minimum Gasteiger partial charge on any atom is -0.494 e. The SMILES string of the molecule is C=CCOC(=O)Nc1ccc(OCCCC(=O)O)cc1. The Kier molecular flexibility index (Phi) is 6.67. The molecule has 0 saturated heterocycles. The maximum absolute atomic E-state index is 11.3. The molecule has 1 aromatic carbocycles. The molecule has 0 unspecified atom stereocenters. The summed E-state index contributed by atoms with van der Waals surface area (Å²) in [7, 11) is 0. The summed E-state index contributed by atoms with van der Waals surface area (Å²) in [5.74, 6) is -0.230. The third kappa shape index (κ3) is 6.44. The molecule has 0 aromatic heterocycles. The van der Waals surface area contributed by atoms with Gasteiger partial charge in [0.2, 0.25) is 0 Å². The number of anilines is 1. The quantitative estimate of drug-likeness (QED) is 0.564. The first-order valence-corrected chi connectivity index (χ1v) is 6.11. The molecule has 0 radical (unpaired) electrons. The molecule has 6 nitrogen and oxygen atoms in total. The van der Waals surface area contributed by atoms with Crippen LogP contribution in [0.5, 0.6) is 5.75 Å². The number of carbonyl (C=O) groups is 2. The zero-order valence-electron chi connectivity index (χ0n) is 11.0. The van der Waals surface area contributed by atoms with E-state index in [1.54, 1.807) is 24.3 Å². The van der Waals surface area contributed by atoms with Crippen LogP contribution in [0.15, 0.2) is 36.9 Å². The summed E-state index contributed by atoms with van der Waals surface area (Å²) in [6.07, 6.45) is 1.45. The number of aliphatic carboxylic acids is 1. The van der Waals surface area contributed by atoms with Crippen molar-refractivity contribution in [1.82, 2.24) is 0 Å². The molecule has 0 saturated carbocycles. The summed E-state index contributed by atoms with van der Waals surface area (Å²) in [5, 5.41) is 11.0. The van der Waals surface area contributed by atoms with Gasteiger partial charge in [0.05, 0.1) is 6.61 Å². The molecule has 108 valence electrons. The smallest absolute Gasteiger partial charge is 0.411 e. The van der Waals surface area contributed by atoms with E-state index >= 15 is 0 Å². The lowest BCUT2D eigenvalue weighted by molar-refractivity contribution is -0.137. The Bertz CT molecular complexity index is 455. The molecular weight excluding hydrogens is 262 g/mol. The fourth-order valence-corrected chi connectivity index (χ4v) is 1.34. The van der Waals surface area contributed by atoms with E-state index in [2.05, 4.69) is 11.9 Å². The Morgan fingerprint density at radius 3 is 2.60 bits per heavy atom. The molecule has 1 amide bonds. The molecule has 0 aliphatic carbocycles. The van der Waals surface area contributed by atoms with Gasteiger partial charge in [0.15, 0.2) is 0 Å². The average molecular weight is 279 g/mol. The summed E-state index contributed by atoms with van der Waals surface area (Å²) in [4.78, 5) is 21.6. The molecule has 0 aliphatic rings. The van der Waals surface area contributed by atoms with Gasteiger partial charge in [-0.3, -0.25) is 10.1 Å². The predicted molar refractivity (Wildman–Crippen MR) is 74.0 cm³/mol. The highest BCUT2D eigenvalue weighted by Gasteiger charge is 2.02. The van der Waals surface area contributed by atoms with Crippen LogP contribution in [0.3, 0.4) is 0 Å². The number of ether oxygens (including phenoxy) is 2. The van der Waals surface area contributed by atoms with Gasteiger partial charge in [0.25, 0.3) is 0 Å². The largest absolute Gasteiger partial charge is 0.494 e.